The normalized spacial score (nSPS) is 13.5. The van der Waals surface area contributed by atoms with Crippen molar-refractivity contribution >= 4 is 17.2 Å². The van der Waals surface area contributed by atoms with Crippen LogP contribution in [-0.4, -0.2) is 27.0 Å². The number of aryl methyl sites for hydroxylation is 1. The third-order valence-corrected chi connectivity index (χ3v) is 4.36. The molecule has 6 nitrogen and oxygen atoms in total. The van der Waals surface area contributed by atoms with Crippen molar-refractivity contribution in [3.05, 3.63) is 63.7 Å². The number of benzene rings is 1. The lowest BCUT2D eigenvalue weighted by Gasteiger charge is -2.20. The fourth-order valence-electron chi connectivity index (χ4n) is 3.21. The SMILES string of the molecule is CCc1cccc2c1N(C(=O)c1ccc3n[nH]c(=O)n3c1)CC2. The molecule has 1 aliphatic rings. The van der Waals surface area contributed by atoms with Crippen molar-refractivity contribution in [1.82, 2.24) is 14.6 Å². The zero-order valence-corrected chi connectivity index (χ0v) is 12.7. The molecule has 0 aliphatic carbocycles. The van der Waals surface area contributed by atoms with E-state index in [2.05, 4.69) is 29.3 Å². The molecule has 6 heteroatoms. The summed E-state index contributed by atoms with van der Waals surface area (Å²) in [5, 5.41) is 6.26. The Bertz CT molecular complexity index is 970. The number of carbonyl (C=O) groups is 1. The highest BCUT2D eigenvalue weighted by Gasteiger charge is 2.27. The number of carbonyl (C=O) groups excluding carboxylic acids is 1. The van der Waals surface area contributed by atoms with Gasteiger partial charge in [-0.2, -0.15) is 5.10 Å². The quantitative estimate of drug-likeness (QED) is 0.784. The first-order chi connectivity index (χ1) is 11.2. The Morgan fingerprint density at radius 3 is 3.00 bits per heavy atom. The minimum atomic E-state index is -0.342. The van der Waals surface area contributed by atoms with Crippen molar-refractivity contribution in [2.75, 3.05) is 11.4 Å². The maximum Gasteiger partial charge on any atom is 0.347 e. The summed E-state index contributed by atoms with van der Waals surface area (Å²) >= 11 is 0. The summed E-state index contributed by atoms with van der Waals surface area (Å²) in [6, 6.07) is 9.57. The summed E-state index contributed by atoms with van der Waals surface area (Å²) in [4.78, 5) is 26.4. The molecule has 3 heterocycles. The second-order valence-corrected chi connectivity index (χ2v) is 5.66. The first-order valence-electron chi connectivity index (χ1n) is 7.68. The van der Waals surface area contributed by atoms with Crippen molar-refractivity contribution in [1.29, 1.82) is 0 Å². The van der Waals surface area contributed by atoms with Crippen molar-refractivity contribution in [2.45, 2.75) is 19.8 Å². The first-order valence-corrected chi connectivity index (χ1v) is 7.68. The number of aromatic nitrogens is 3. The van der Waals surface area contributed by atoms with Crippen molar-refractivity contribution in [3.8, 4) is 0 Å². The molecule has 1 amide bonds. The number of rotatable bonds is 2. The van der Waals surface area contributed by atoms with Gasteiger partial charge in [-0.25, -0.2) is 14.3 Å². The highest BCUT2D eigenvalue weighted by Crippen LogP contribution is 2.33. The number of nitrogens with one attached hydrogen (secondary N) is 1. The van der Waals surface area contributed by atoms with Crippen LogP contribution in [0.2, 0.25) is 0 Å². The summed E-state index contributed by atoms with van der Waals surface area (Å²) in [6.45, 7) is 2.76. The maximum absolute atomic E-state index is 12.9. The van der Waals surface area contributed by atoms with Gasteiger partial charge in [-0.3, -0.25) is 4.79 Å². The third kappa shape index (κ3) is 2.06. The smallest absolute Gasteiger partial charge is 0.307 e. The zero-order valence-electron chi connectivity index (χ0n) is 12.7. The average Bonchev–Trinajstić information content (AvgIpc) is 3.18. The predicted octanol–water partition coefficient (Wildman–Crippen LogP) is 1.79. The second-order valence-electron chi connectivity index (χ2n) is 5.66. The number of para-hydroxylation sites is 1. The van der Waals surface area contributed by atoms with Gasteiger partial charge in [-0.1, -0.05) is 25.1 Å². The minimum absolute atomic E-state index is 0.0837. The van der Waals surface area contributed by atoms with Crippen LogP contribution in [0.5, 0.6) is 0 Å². The van der Waals surface area contributed by atoms with Crippen LogP contribution in [-0.2, 0) is 12.8 Å². The van der Waals surface area contributed by atoms with Crippen LogP contribution in [0.1, 0.15) is 28.4 Å². The lowest BCUT2D eigenvalue weighted by molar-refractivity contribution is 0.0989. The highest BCUT2D eigenvalue weighted by molar-refractivity contribution is 6.07. The lowest BCUT2D eigenvalue weighted by Crippen LogP contribution is -2.30. The van der Waals surface area contributed by atoms with Gasteiger partial charge < -0.3 is 4.90 Å². The number of H-pyrrole nitrogens is 1. The predicted molar refractivity (Wildman–Crippen MR) is 87.0 cm³/mol. The van der Waals surface area contributed by atoms with Gasteiger partial charge in [0, 0.05) is 12.7 Å². The Morgan fingerprint density at radius 1 is 1.30 bits per heavy atom. The van der Waals surface area contributed by atoms with Crippen LogP contribution in [0.4, 0.5) is 5.69 Å². The number of pyridine rings is 1. The van der Waals surface area contributed by atoms with E-state index in [1.165, 1.54) is 15.5 Å². The van der Waals surface area contributed by atoms with Crippen molar-refractivity contribution in [2.24, 2.45) is 0 Å². The van der Waals surface area contributed by atoms with Gasteiger partial charge in [-0.15, -0.1) is 0 Å². The molecule has 23 heavy (non-hydrogen) atoms. The molecule has 0 fully saturated rings. The van der Waals surface area contributed by atoms with E-state index in [0.717, 1.165) is 18.5 Å². The van der Waals surface area contributed by atoms with Crippen LogP contribution in [0.15, 0.2) is 41.3 Å². The van der Waals surface area contributed by atoms with Crippen LogP contribution in [0.25, 0.3) is 5.65 Å². The topological polar surface area (TPSA) is 70.5 Å². The molecular weight excluding hydrogens is 292 g/mol. The monoisotopic (exact) mass is 308 g/mol. The Morgan fingerprint density at radius 2 is 2.17 bits per heavy atom. The number of anilines is 1. The zero-order chi connectivity index (χ0) is 16.0. The van der Waals surface area contributed by atoms with Crippen LogP contribution in [0, 0.1) is 0 Å². The van der Waals surface area contributed by atoms with E-state index in [1.54, 1.807) is 18.3 Å². The molecule has 0 bridgehead atoms. The molecule has 0 saturated heterocycles. The number of hydrogen-bond donors (Lipinski definition) is 1. The van der Waals surface area contributed by atoms with Crippen LogP contribution >= 0.6 is 0 Å². The molecule has 1 N–H and O–H groups in total. The number of hydrogen-bond acceptors (Lipinski definition) is 3. The Kier molecular flexibility index (Phi) is 3.04. The highest BCUT2D eigenvalue weighted by atomic mass is 16.2. The molecule has 1 aromatic carbocycles. The fraction of sp³-hybridized carbons (Fsp3) is 0.235. The Balaban J connectivity index is 1.78. The van der Waals surface area contributed by atoms with E-state index in [-0.39, 0.29) is 11.6 Å². The van der Waals surface area contributed by atoms with E-state index in [0.29, 0.717) is 17.8 Å². The van der Waals surface area contributed by atoms with Gasteiger partial charge in [0.05, 0.1) is 11.3 Å². The number of fused-ring (bicyclic) bond motifs is 2. The molecule has 2 aromatic heterocycles. The number of nitrogens with zero attached hydrogens (tertiary/aromatic N) is 3. The Hall–Kier alpha value is -2.89. The molecule has 3 aromatic rings. The second kappa shape index (κ2) is 5.08. The third-order valence-electron chi connectivity index (χ3n) is 4.36. The van der Waals surface area contributed by atoms with Gasteiger partial charge in [0.25, 0.3) is 5.91 Å². The molecule has 0 unspecified atom stereocenters. The molecule has 0 spiro atoms. The van der Waals surface area contributed by atoms with Gasteiger partial charge in [0.2, 0.25) is 0 Å². The van der Waals surface area contributed by atoms with Crippen molar-refractivity contribution in [3.63, 3.8) is 0 Å². The molecular formula is C17H16N4O2. The Labute approximate surface area is 132 Å². The average molecular weight is 308 g/mol. The lowest BCUT2D eigenvalue weighted by atomic mass is 10.1. The molecule has 0 radical (unpaired) electrons. The van der Waals surface area contributed by atoms with E-state index < -0.39 is 0 Å². The largest absolute Gasteiger partial charge is 0.347 e. The summed E-state index contributed by atoms with van der Waals surface area (Å²) in [7, 11) is 0. The summed E-state index contributed by atoms with van der Waals surface area (Å²) < 4.78 is 1.36. The van der Waals surface area contributed by atoms with Gasteiger partial charge in [0.1, 0.15) is 0 Å². The van der Waals surface area contributed by atoms with E-state index in [9.17, 15) is 9.59 Å². The van der Waals surface area contributed by atoms with Gasteiger partial charge in [0.15, 0.2) is 5.65 Å². The molecule has 0 saturated carbocycles. The van der Waals surface area contributed by atoms with Gasteiger partial charge >= 0.3 is 5.69 Å². The maximum atomic E-state index is 12.9. The molecule has 4 rings (SSSR count). The van der Waals surface area contributed by atoms with Crippen LogP contribution in [0.3, 0.4) is 0 Å². The number of amides is 1. The first kappa shape index (κ1) is 13.8. The van der Waals surface area contributed by atoms with E-state index in [4.69, 9.17) is 0 Å². The summed E-state index contributed by atoms with van der Waals surface area (Å²) in [6.07, 6.45) is 3.30. The van der Waals surface area contributed by atoms with Crippen molar-refractivity contribution < 1.29 is 4.79 Å². The van der Waals surface area contributed by atoms with Gasteiger partial charge in [-0.05, 0) is 36.1 Å². The fourth-order valence-corrected chi connectivity index (χ4v) is 3.21. The van der Waals surface area contributed by atoms with E-state index >= 15 is 0 Å². The van der Waals surface area contributed by atoms with E-state index in [1.807, 2.05) is 11.0 Å². The molecule has 116 valence electrons. The minimum Gasteiger partial charge on any atom is -0.307 e. The summed E-state index contributed by atoms with van der Waals surface area (Å²) in [5.74, 6) is -0.0837. The molecule has 0 atom stereocenters. The summed E-state index contributed by atoms with van der Waals surface area (Å²) in [5.41, 5.74) is 4.06. The number of aromatic amines is 1. The van der Waals surface area contributed by atoms with Crippen LogP contribution < -0.4 is 10.6 Å². The molecule has 1 aliphatic heterocycles. The standard InChI is InChI=1S/C17H16N4O2/c1-2-11-4-3-5-12-8-9-20(15(11)12)16(22)13-6-7-14-18-19-17(23)21(14)10-13/h3-7,10H,2,8-9H2,1H3,(H,19,23).